The third kappa shape index (κ3) is 20.6. The molecular weight excluding hydrogens is 694 g/mol. The number of guanidine groups is 1. The van der Waals surface area contributed by atoms with Crippen LogP contribution in [0.1, 0.15) is 65.2 Å². The summed E-state index contributed by atoms with van der Waals surface area (Å²) in [6.45, 7) is 1.99. The Morgan fingerprint density at radius 1 is 0.654 bits per heavy atom. The van der Waals surface area contributed by atoms with Crippen molar-refractivity contribution in [1.82, 2.24) is 37.2 Å². The van der Waals surface area contributed by atoms with Crippen LogP contribution in [-0.2, 0) is 47.9 Å². The largest absolute Gasteiger partial charge is 0.481 e. The Balaban J connectivity index is 5.42. The van der Waals surface area contributed by atoms with E-state index in [2.05, 4.69) is 37.2 Å². The molecule has 0 spiro atoms. The molecule has 0 aliphatic rings. The summed E-state index contributed by atoms with van der Waals surface area (Å²) in [5.41, 5.74) is 16.0. The van der Waals surface area contributed by atoms with Gasteiger partial charge in [0.2, 0.25) is 47.6 Å². The number of carbonyl (C=O) groups is 9. The normalized spacial score (nSPS) is 14.0. The molecule has 0 saturated heterocycles. The zero-order valence-corrected chi connectivity index (χ0v) is 28.7. The quantitative estimate of drug-likeness (QED) is 0.0223. The molecule has 0 fully saturated rings. The van der Waals surface area contributed by atoms with Crippen LogP contribution >= 0.6 is 0 Å². The third-order valence-electron chi connectivity index (χ3n) is 6.99. The zero-order valence-electron chi connectivity index (χ0n) is 28.7. The van der Waals surface area contributed by atoms with E-state index < -0.39 is 103 Å². The van der Waals surface area contributed by atoms with Gasteiger partial charge in [0.05, 0.1) is 18.6 Å². The number of nitrogens with two attached hydrogens (primary N) is 3. The second kappa shape index (κ2) is 24.3. The van der Waals surface area contributed by atoms with Crippen molar-refractivity contribution in [3.05, 3.63) is 0 Å². The molecule has 0 aromatic rings. The van der Waals surface area contributed by atoms with E-state index in [9.17, 15) is 47.9 Å². The van der Waals surface area contributed by atoms with Crippen molar-refractivity contribution in [2.24, 2.45) is 17.2 Å². The van der Waals surface area contributed by atoms with Gasteiger partial charge in [-0.05, 0) is 46.0 Å². The van der Waals surface area contributed by atoms with Gasteiger partial charge < -0.3 is 64.6 Å². The van der Waals surface area contributed by atoms with Gasteiger partial charge in [0.1, 0.15) is 24.2 Å². The molecule has 0 unspecified atom stereocenters. The Hall–Kier alpha value is -5.87. The number of carboxylic acids is 2. The minimum Gasteiger partial charge on any atom is -0.481 e. The molecule has 291 valence electrons. The highest BCUT2D eigenvalue weighted by Gasteiger charge is 2.29. The van der Waals surface area contributed by atoms with Crippen molar-refractivity contribution in [1.29, 1.82) is 5.41 Å². The molecule has 16 N–H and O–H groups in total. The van der Waals surface area contributed by atoms with Gasteiger partial charge in [-0.1, -0.05) is 0 Å². The fourth-order valence-corrected chi connectivity index (χ4v) is 4.09. The number of nitrogens with one attached hydrogen (secondary N) is 8. The summed E-state index contributed by atoms with van der Waals surface area (Å²) in [5.74, 6) is -8.77. The Bertz CT molecular complexity index is 1330. The Labute approximate surface area is 298 Å². The van der Waals surface area contributed by atoms with Gasteiger partial charge in [0, 0.05) is 25.8 Å². The molecule has 0 aromatic heterocycles. The van der Waals surface area contributed by atoms with E-state index in [1.165, 1.54) is 20.1 Å². The Morgan fingerprint density at radius 3 is 1.71 bits per heavy atom. The molecule has 0 aromatic carbocycles. The third-order valence-corrected chi connectivity index (χ3v) is 6.99. The van der Waals surface area contributed by atoms with E-state index in [-0.39, 0.29) is 57.5 Å². The maximum atomic E-state index is 13.0. The molecule has 7 amide bonds. The lowest BCUT2D eigenvalue weighted by Gasteiger charge is -2.24. The number of primary amides is 1. The second-order valence-electron chi connectivity index (χ2n) is 11.5. The van der Waals surface area contributed by atoms with Gasteiger partial charge in [-0.3, -0.25) is 53.4 Å². The number of carbonyl (C=O) groups excluding carboxylic acids is 8. The monoisotopic (exact) mass is 742 g/mol. The predicted molar refractivity (Wildman–Crippen MR) is 179 cm³/mol. The van der Waals surface area contributed by atoms with E-state index >= 15 is 0 Å². The van der Waals surface area contributed by atoms with Crippen LogP contribution < -0.4 is 54.4 Å². The smallest absolute Gasteiger partial charge is 0.303 e. The number of carboxylic acid groups (broad SMARTS) is 2. The van der Waals surface area contributed by atoms with Gasteiger partial charge in [0.25, 0.3) is 0 Å². The summed E-state index contributed by atoms with van der Waals surface area (Å²) in [4.78, 5) is 120. The molecule has 0 aliphatic carbocycles. The lowest BCUT2D eigenvalue weighted by Crippen LogP contribution is -2.57. The van der Waals surface area contributed by atoms with Crippen molar-refractivity contribution in [2.75, 3.05) is 13.1 Å². The number of aliphatic carboxylic acids is 2. The topological polar surface area (TPSA) is 397 Å². The zero-order chi connectivity index (χ0) is 40.0. The molecule has 23 heteroatoms. The summed E-state index contributed by atoms with van der Waals surface area (Å²) in [6.07, 6.45) is -0.248. The molecule has 0 bridgehead atoms. The molecule has 23 nitrogen and oxygen atoms in total. The van der Waals surface area contributed by atoms with Gasteiger partial charge in [-0.2, -0.15) is 0 Å². The summed E-state index contributed by atoms with van der Waals surface area (Å²) in [6, 6.07) is -7.81. The van der Waals surface area contributed by atoms with E-state index in [1.807, 2.05) is 0 Å². The molecule has 0 aliphatic heterocycles. The minimum absolute atomic E-state index is 0.0326. The number of hydrogen-bond acceptors (Lipinski definition) is 12. The maximum absolute atomic E-state index is 13.0. The fraction of sp³-hybridized carbons (Fsp3) is 0.621. The molecule has 0 rings (SSSR count). The van der Waals surface area contributed by atoms with Gasteiger partial charge >= 0.3 is 11.9 Å². The maximum Gasteiger partial charge on any atom is 0.303 e. The summed E-state index contributed by atoms with van der Waals surface area (Å²) >= 11 is 0. The van der Waals surface area contributed by atoms with Crippen LogP contribution in [0, 0.1) is 5.41 Å². The van der Waals surface area contributed by atoms with Crippen molar-refractivity contribution < 1.29 is 58.2 Å². The second-order valence-corrected chi connectivity index (χ2v) is 11.5. The number of rotatable bonds is 26. The summed E-state index contributed by atoms with van der Waals surface area (Å²) < 4.78 is 0. The highest BCUT2D eigenvalue weighted by molar-refractivity contribution is 5.96. The average Bonchev–Trinajstić information content (AvgIpc) is 3.06. The first kappa shape index (κ1) is 46.1. The van der Waals surface area contributed by atoms with Crippen LogP contribution in [0.15, 0.2) is 0 Å². The van der Waals surface area contributed by atoms with Crippen LogP contribution in [-0.4, -0.2) is 125 Å². The molecule has 0 saturated carbocycles. The highest BCUT2D eigenvalue weighted by Crippen LogP contribution is 2.03. The fourth-order valence-electron chi connectivity index (χ4n) is 4.09. The van der Waals surface area contributed by atoms with Crippen LogP contribution in [0.5, 0.6) is 0 Å². The van der Waals surface area contributed by atoms with Gasteiger partial charge in [0.15, 0.2) is 5.96 Å². The number of amides is 7. The Kier molecular flexibility index (Phi) is 21.6. The lowest BCUT2D eigenvalue weighted by atomic mass is 10.1. The van der Waals surface area contributed by atoms with Gasteiger partial charge in [-0.15, -0.1) is 0 Å². The van der Waals surface area contributed by atoms with Crippen LogP contribution in [0.25, 0.3) is 0 Å². The standard InChI is InChI=1S/C29H48N11O12/c1-14(37-27(51)19(7-8-20(31)42)39-21(43)12-35-26(50)17(30)6-10-23(46)47)24(48)36-15(2)25(49)40-18(4-3-11-34-29(32)33)28(52)38-16(13-41)5-9-22(44)45/h14-19H,3-12,30H2,1-2H3,(H2,31,42)(H,35,50)(H,36,48)(H,37,51)(H,38,52)(H,39,43)(H,40,49)(H,44,45)(H,46,47)(H4,32,33,34)/t14-,15-,16-,17-,18-,19-/m0/s1. The highest BCUT2D eigenvalue weighted by atomic mass is 16.4. The first-order valence-electron chi connectivity index (χ1n) is 16.0. The average molecular weight is 743 g/mol. The van der Waals surface area contributed by atoms with Crippen molar-refractivity contribution in [2.45, 2.75) is 101 Å². The Morgan fingerprint density at radius 2 is 1.17 bits per heavy atom. The van der Waals surface area contributed by atoms with Crippen molar-refractivity contribution in [3.63, 3.8) is 0 Å². The first-order valence-corrected chi connectivity index (χ1v) is 16.0. The first-order chi connectivity index (χ1) is 24.3. The SMILES string of the molecule is C[C@H](NC(=O)[C@H](C)NC(=O)[C@H](CCC(N)=O)NC(=O)CNC(=O)[C@@H](N)CCC(=O)O)C(=O)N[C@@H](CCCNC(=N)N)C(=O)N[C@H]([C]=O)CCC(=O)O. The summed E-state index contributed by atoms with van der Waals surface area (Å²) in [7, 11) is 0. The van der Waals surface area contributed by atoms with E-state index in [0.717, 1.165) is 0 Å². The van der Waals surface area contributed by atoms with E-state index in [1.54, 1.807) is 0 Å². The van der Waals surface area contributed by atoms with Crippen LogP contribution in [0.2, 0.25) is 0 Å². The van der Waals surface area contributed by atoms with Crippen LogP contribution in [0.3, 0.4) is 0 Å². The minimum atomic E-state index is -1.41. The lowest BCUT2D eigenvalue weighted by molar-refractivity contribution is -0.138. The predicted octanol–water partition coefficient (Wildman–Crippen LogP) is -5.74. The molecule has 6 atom stereocenters. The van der Waals surface area contributed by atoms with Crippen molar-refractivity contribution in [3.8, 4) is 0 Å². The van der Waals surface area contributed by atoms with Crippen LogP contribution in [0.4, 0.5) is 0 Å². The van der Waals surface area contributed by atoms with E-state index in [4.69, 9.17) is 32.8 Å². The van der Waals surface area contributed by atoms with E-state index in [0.29, 0.717) is 0 Å². The van der Waals surface area contributed by atoms with Gasteiger partial charge in [-0.25, -0.2) is 0 Å². The molecule has 0 heterocycles. The molecular formula is C29H48N11O12. The molecule has 52 heavy (non-hydrogen) atoms. The van der Waals surface area contributed by atoms with Crippen molar-refractivity contribution >= 4 is 65.5 Å². The number of hydrogen-bond donors (Lipinski definition) is 13. The molecule has 1 radical (unpaired) electrons. The summed E-state index contributed by atoms with van der Waals surface area (Å²) in [5, 5.41) is 41.2.